The normalized spacial score (nSPS) is 14.1. The summed E-state index contributed by atoms with van der Waals surface area (Å²) in [6.45, 7) is 0. The highest BCUT2D eigenvalue weighted by molar-refractivity contribution is 6.27. The molecule has 20 rings (SSSR count). The van der Waals surface area contributed by atoms with Crippen LogP contribution in [0.25, 0.3) is 197 Å². The Bertz CT molecular complexity index is 7350. The maximum Gasteiger partial charge on any atom is 0.136 e. The van der Waals surface area contributed by atoms with Gasteiger partial charge in [0.15, 0.2) is 0 Å². The molecule has 0 spiro atoms. The average molecular weight is 1240 g/mol. The number of benzene rings is 18. The van der Waals surface area contributed by atoms with Gasteiger partial charge in [0.2, 0.25) is 0 Å². The number of fused-ring (bicyclic) bond motifs is 13. The van der Waals surface area contributed by atoms with Crippen LogP contribution in [0.15, 0.2) is 360 Å². The molecule has 0 aliphatic heterocycles. The largest absolute Gasteiger partial charge is 0.456 e. The maximum atomic E-state index is 9.64. The Balaban J connectivity index is 0.000000153. The van der Waals surface area contributed by atoms with Gasteiger partial charge in [0.1, 0.15) is 22.3 Å². The third-order valence-electron chi connectivity index (χ3n) is 18.8. The van der Waals surface area contributed by atoms with E-state index < -0.39 is 48.3 Å². The van der Waals surface area contributed by atoms with Gasteiger partial charge in [-0.05, 0) is 196 Å². The molecular weight excluding hydrogens is 1160 g/mol. The minimum atomic E-state index is -0.440. The van der Waals surface area contributed by atoms with Gasteiger partial charge in [-0.15, -0.1) is 0 Å². The molecule has 0 radical (unpaired) electrons. The van der Waals surface area contributed by atoms with Crippen LogP contribution in [0.4, 0.5) is 0 Å². The zero-order valence-electron chi connectivity index (χ0n) is 67.1. The first-order valence-electron chi connectivity index (χ1n) is 39.7. The quantitative estimate of drug-likeness (QED) is 0.149. The fourth-order valence-corrected chi connectivity index (χ4v) is 14.7. The lowest BCUT2D eigenvalue weighted by molar-refractivity contribution is 0.668. The van der Waals surface area contributed by atoms with E-state index in [1.165, 1.54) is 0 Å². The van der Waals surface area contributed by atoms with Crippen molar-refractivity contribution in [2.75, 3.05) is 0 Å². The molecule has 0 fully saturated rings. The molecule has 446 valence electrons. The van der Waals surface area contributed by atoms with E-state index in [4.69, 9.17) is 19.8 Å². The summed E-state index contributed by atoms with van der Waals surface area (Å²) < 4.78 is 159. The van der Waals surface area contributed by atoms with Crippen LogP contribution >= 0.6 is 0 Å². The number of furan rings is 2. The van der Waals surface area contributed by atoms with E-state index in [1.807, 2.05) is 206 Å². The first kappa shape index (κ1) is 41.1. The van der Waals surface area contributed by atoms with Gasteiger partial charge >= 0.3 is 0 Å². The monoisotopic (exact) mass is 1230 g/mol. The van der Waals surface area contributed by atoms with Crippen molar-refractivity contribution in [3.63, 3.8) is 0 Å². The predicted molar refractivity (Wildman–Crippen MR) is 408 cm³/mol. The van der Waals surface area contributed by atoms with Crippen molar-refractivity contribution in [1.82, 2.24) is 0 Å². The van der Waals surface area contributed by atoms with Crippen LogP contribution in [0.2, 0.25) is 0 Å². The highest BCUT2D eigenvalue weighted by atomic mass is 16.3. The summed E-state index contributed by atoms with van der Waals surface area (Å²) in [5.41, 5.74) is 11.8. The molecule has 0 unspecified atom stereocenters. The average Bonchev–Trinajstić information content (AvgIpc) is 0.901. The van der Waals surface area contributed by atoms with E-state index in [2.05, 4.69) is 24.3 Å². The summed E-state index contributed by atoms with van der Waals surface area (Å²) >= 11 is 0. The lowest BCUT2D eigenvalue weighted by atomic mass is 9.82. The molecule has 2 aromatic heterocycles. The third kappa shape index (κ3) is 8.88. The molecule has 96 heavy (non-hydrogen) atoms. The van der Waals surface area contributed by atoms with E-state index in [9.17, 15) is 11.0 Å². The Morgan fingerprint density at radius 2 is 0.552 bits per heavy atom. The van der Waals surface area contributed by atoms with Crippen molar-refractivity contribution in [2.45, 2.75) is 0 Å². The van der Waals surface area contributed by atoms with Crippen LogP contribution in [0.3, 0.4) is 0 Å². The van der Waals surface area contributed by atoms with Crippen LogP contribution in [-0.4, -0.2) is 0 Å². The summed E-state index contributed by atoms with van der Waals surface area (Å²) in [5, 5.41) is 10.4. The molecule has 0 atom stereocenters. The first-order valence-corrected chi connectivity index (χ1v) is 31.7. The van der Waals surface area contributed by atoms with Crippen molar-refractivity contribution in [3.05, 3.63) is 351 Å². The number of hydrogen-bond donors (Lipinski definition) is 0. The molecule has 0 saturated heterocycles. The molecule has 0 aliphatic carbocycles. The molecule has 0 amide bonds. The summed E-state index contributed by atoms with van der Waals surface area (Å²) in [6.07, 6.45) is 0. The fraction of sp³-hybridized carbons (Fsp3) is 0. The molecule has 0 bridgehead atoms. The minimum absolute atomic E-state index is 0.169. The van der Waals surface area contributed by atoms with Crippen LogP contribution in [-0.2, 0) is 0 Å². The molecule has 2 heteroatoms. The Hall–Kier alpha value is -12.6. The zero-order chi connectivity index (χ0) is 77.1. The fourth-order valence-electron chi connectivity index (χ4n) is 14.7. The highest BCUT2D eigenvalue weighted by Crippen LogP contribution is 2.52. The van der Waals surface area contributed by atoms with E-state index >= 15 is 0 Å². The summed E-state index contributed by atoms with van der Waals surface area (Å²) in [4.78, 5) is 0. The van der Waals surface area contributed by atoms with E-state index in [0.717, 1.165) is 104 Å². The second-order valence-corrected chi connectivity index (χ2v) is 24.0. The van der Waals surface area contributed by atoms with Gasteiger partial charge in [-0.25, -0.2) is 0 Å². The zero-order valence-corrected chi connectivity index (χ0v) is 51.1. The van der Waals surface area contributed by atoms with Gasteiger partial charge < -0.3 is 8.83 Å². The third-order valence-corrected chi connectivity index (χ3v) is 18.8. The van der Waals surface area contributed by atoms with E-state index in [1.54, 1.807) is 24.3 Å². The molecule has 18 aromatic carbocycles. The Kier molecular flexibility index (Phi) is 9.67. The van der Waals surface area contributed by atoms with Crippen molar-refractivity contribution >= 4 is 119 Å². The first-order chi connectivity index (χ1) is 54.3. The Morgan fingerprint density at radius 3 is 1.09 bits per heavy atom. The topological polar surface area (TPSA) is 26.3 Å². The van der Waals surface area contributed by atoms with E-state index in [-0.39, 0.29) is 91.4 Å². The van der Waals surface area contributed by atoms with Crippen LogP contribution < -0.4 is 0 Å². The van der Waals surface area contributed by atoms with E-state index in [0.29, 0.717) is 50.1 Å². The Labute approximate surface area is 576 Å². The van der Waals surface area contributed by atoms with Gasteiger partial charge in [0.05, 0.1) is 21.9 Å². The summed E-state index contributed by atoms with van der Waals surface area (Å²) in [5.74, 6) is 0. The van der Waals surface area contributed by atoms with Gasteiger partial charge in [-0.3, -0.25) is 0 Å². The molecule has 0 aliphatic rings. The standard InChI is InChI=1S/C52H32O.C42H26O/c1-2-15-34(16-3-1)39-29-30-48-52(45-26-12-13-28-47(45)53-48)51(39)46-32-36(31-35-18-5-7-21-38(35)46)49-41-22-8-10-24-43(41)50(44-25-11-9-23-42(44)49)40-27-14-19-33-17-4-6-20-37(33)40;1-2-13-27(14-3-1)40-31-17-6-8-19-33(31)41(34-20-9-7-18-32(34)40)29-25-28-15-4-5-16-30(28)37(26-29)35-22-12-24-39-42(35)36-21-10-11-23-38(36)43-39/h1-32H;1-26H/i8D,9D,10D,11D,22D,23D,24D,25D;6D,7D,8D,9D,17D,18D,19D,20D. The molecular formula is C94H58O2. The molecule has 0 saturated carbocycles. The SMILES string of the molecule is [2H]c1c([2H])c([2H])c2c(-c3cc(-c4cccc5oc6ccccc6c45)c4ccccc4c3)c3c([2H])c([2H])c([2H])c([2H])c3c(-c3ccccc3)c2c1[2H].[2H]c1c([2H])c([2H])c2c(-c3cccc4ccccc34)c3c([2H])c([2H])c([2H])c([2H])c3c(-c3cc(-c4c(-c5ccccc5)ccc5oc6ccccc6c45)c4ccccc4c3)c2c1[2H]. The van der Waals surface area contributed by atoms with Crippen molar-refractivity contribution in [3.8, 4) is 77.9 Å². The second-order valence-electron chi connectivity index (χ2n) is 24.0. The number of para-hydroxylation sites is 2. The minimum Gasteiger partial charge on any atom is -0.456 e. The predicted octanol–water partition coefficient (Wildman–Crippen LogP) is 26.9. The van der Waals surface area contributed by atoms with Crippen molar-refractivity contribution < 1.29 is 30.8 Å². The van der Waals surface area contributed by atoms with Gasteiger partial charge in [0, 0.05) is 27.1 Å². The van der Waals surface area contributed by atoms with Crippen LogP contribution in [0, 0.1) is 0 Å². The van der Waals surface area contributed by atoms with Gasteiger partial charge in [-0.2, -0.15) is 0 Å². The van der Waals surface area contributed by atoms with Crippen molar-refractivity contribution in [2.24, 2.45) is 0 Å². The maximum absolute atomic E-state index is 9.64. The number of rotatable bonds is 7. The van der Waals surface area contributed by atoms with Crippen LogP contribution in [0.1, 0.15) is 21.9 Å². The van der Waals surface area contributed by atoms with Gasteiger partial charge in [0.25, 0.3) is 0 Å². The smallest absolute Gasteiger partial charge is 0.136 e. The van der Waals surface area contributed by atoms with Crippen molar-refractivity contribution in [1.29, 1.82) is 0 Å². The van der Waals surface area contributed by atoms with Crippen LogP contribution in [0.5, 0.6) is 0 Å². The summed E-state index contributed by atoms with van der Waals surface area (Å²) in [6, 6.07) is 76.2. The highest BCUT2D eigenvalue weighted by Gasteiger charge is 2.25. The second kappa shape index (κ2) is 22.6. The van der Waals surface area contributed by atoms with Gasteiger partial charge in [-0.1, -0.05) is 303 Å². The molecule has 20 aromatic rings. The summed E-state index contributed by atoms with van der Waals surface area (Å²) in [7, 11) is 0. The number of hydrogen-bond acceptors (Lipinski definition) is 2. The molecule has 2 nitrogen and oxygen atoms in total. The Morgan fingerprint density at radius 1 is 0.188 bits per heavy atom. The molecule has 0 N–H and O–H groups in total. The lowest BCUT2D eigenvalue weighted by Crippen LogP contribution is -1.93. The molecule has 2 heterocycles. The lowest BCUT2D eigenvalue weighted by Gasteiger charge is -2.20.